The number of thioether (sulfide) groups is 1. The lowest BCUT2D eigenvalue weighted by Crippen LogP contribution is -2.49. The molecule has 1 aliphatic rings. The summed E-state index contributed by atoms with van der Waals surface area (Å²) >= 11 is 1.50. The van der Waals surface area contributed by atoms with Crippen molar-refractivity contribution in [3.63, 3.8) is 0 Å². The van der Waals surface area contributed by atoms with E-state index in [1.54, 1.807) is 12.1 Å². The highest BCUT2D eigenvalue weighted by molar-refractivity contribution is 7.98. The standard InChI is InChI=1S/C25H23N3O3S/c29-20-11-9-19(10-12-20)27-13-15-28(16-14-27)24(30)21-6-2-1-5-18(21)17-32-25-26-22-7-3-4-8-23(22)31-25/h1-12,29H,13-17H2. The van der Waals surface area contributed by atoms with Crippen LogP contribution in [0.5, 0.6) is 5.75 Å². The maximum atomic E-state index is 13.3. The zero-order valence-corrected chi connectivity index (χ0v) is 18.3. The van der Waals surface area contributed by atoms with E-state index in [9.17, 15) is 9.90 Å². The average molecular weight is 446 g/mol. The molecule has 0 spiro atoms. The van der Waals surface area contributed by atoms with Crippen LogP contribution in [-0.2, 0) is 5.75 Å². The molecule has 1 amide bonds. The van der Waals surface area contributed by atoms with Gasteiger partial charge in [0.2, 0.25) is 0 Å². The van der Waals surface area contributed by atoms with Gasteiger partial charge < -0.3 is 19.3 Å². The molecule has 0 atom stereocenters. The largest absolute Gasteiger partial charge is 0.508 e. The molecule has 0 bridgehead atoms. The van der Waals surface area contributed by atoms with E-state index in [2.05, 4.69) is 9.88 Å². The Morgan fingerprint density at radius 2 is 1.66 bits per heavy atom. The molecule has 0 saturated carbocycles. The number of para-hydroxylation sites is 2. The van der Waals surface area contributed by atoms with Crippen molar-refractivity contribution >= 4 is 34.5 Å². The van der Waals surface area contributed by atoms with E-state index in [1.165, 1.54) is 11.8 Å². The number of benzene rings is 3. The summed E-state index contributed by atoms with van der Waals surface area (Å²) in [5.74, 6) is 0.932. The van der Waals surface area contributed by atoms with Gasteiger partial charge in [0, 0.05) is 43.2 Å². The molecule has 1 aromatic heterocycles. The van der Waals surface area contributed by atoms with Crippen molar-refractivity contribution < 1.29 is 14.3 Å². The first-order chi connectivity index (χ1) is 15.7. The molecule has 7 heteroatoms. The van der Waals surface area contributed by atoms with E-state index in [1.807, 2.05) is 65.6 Å². The predicted octanol–water partition coefficient (Wildman–Crippen LogP) is 4.79. The Hall–Kier alpha value is -3.45. The molecule has 3 aromatic carbocycles. The number of phenols is 1. The van der Waals surface area contributed by atoms with Gasteiger partial charge in [-0.3, -0.25) is 4.79 Å². The van der Waals surface area contributed by atoms with E-state index in [-0.39, 0.29) is 11.7 Å². The number of carbonyl (C=O) groups is 1. The number of nitrogens with zero attached hydrogens (tertiary/aromatic N) is 3. The Labute approximate surface area is 190 Å². The van der Waals surface area contributed by atoms with Crippen molar-refractivity contribution in [2.75, 3.05) is 31.1 Å². The normalized spacial score (nSPS) is 14.1. The van der Waals surface area contributed by atoms with Crippen LogP contribution in [0, 0.1) is 0 Å². The lowest BCUT2D eigenvalue weighted by Gasteiger charge is -2.36. The number of phenolic OH excluding ortho intramolecular Hbond substituents is 1. The van der Waals surface area contributed by atoms with Gasteiger partial charge in [-0.1, -0.05) is 42.1 Å². The van der Waals surface area contributed by atoms with Crippen molar-refractivity contribution in [1.82, 2.24) is 9.88 Å². The zero-order valence-electron chi connectivity index (χ0n) is 17.5. The first-order valence-electron chi connectivity index (χ1n) is 10.6. The average Bonchev–Trinajstić information content (AvgIpc) is 3.26. The summed E-state index contributed by atoms with van der Waals surface area (Å²) in [5, 5.41) is 10.1. The van der Waals surface area contributed by atoms with Crippen LogP contribution < -0.4 is 4.90 Å². The number of aromatic hydroxyl groups is 1. The fourth-order valence-corrected chi connectivity index (χ4v) is 4.75. The molecule has 162 valence electrons. The Bertz CT molecular complexity index is 1200. The number of carbonyl (C=O) groups excluding carboxylic acids is 1. The molecule has 32 heavy (non-hydrogen) atoms. The molecule has 1 saturated heterocycles. The number of oxazole rings is 1. The van der Waals surface area contributed by atoms with E-state index in [0.29, 0.717) is 24.1 Å². The molecule has 1 N–H and O–H groups in total. The number of aromatic nitrogens is 1. The SMILES string of the molecule is O=C(c1ccccc1CSc1nc2ccccc2o1)N1CCN(c2ccc(O)cc2)CC1. The van der Waals surface area contributed by atoms with Crippen molar-refractivity contribution in [3.8, 4) is 5.75 Å². The van der Waals surface area contributed by atoms with E-state index < -0.39 is 0 Å². The van der Waals surface area contributed by atoms with Gasteiger partial charge in [0.15, 0.2) is 5.58 Å². The molecule has 6 nitrogen and oxygen atoms in total. The smallest absolute Gasteiger partial charge is 0.257 e. The van der Waals surface area contributed by atoms with Gasteiger partial charge in [-0.2, -0.15) is 0 Å². The number of anilines is 1. The van der Waals surface area contributed by atoms with Crippen LogP contribution in [0.1, 0.15) is 15.9 Å². The summed E-state index contributed by atoms with van der Waals surface area (Å²) in [6.07, 6.45) is 0. The minimum atomic E-state index is 0.0594. The van der Waals surface area contributed by atoms with Crippen LogP contribution in [0.3, 0.4) is 0 Å². The van der Waals surface area contributed by atoms with Crippen LogP contribution in [0.15, 0.2) is 82.4 Å². The number of hydrogen-bond acceptors (Lipinski definition) is 6. The molecule has 0 unspecified atom stereocenters. The maximum absolute atomic E-state index is 13.3. The summed E-state index contributed by atoms with van der Waals surface area (Å²) in [7, 11) is 0. The van der Waals surface area contributed by atoms with Crippen LogP contribution >= 0.6 is 11.8 Å². The van der Waals surface area contributed by atoms with Crippen LogP contribution in [-0.4, -0.2) is 47.1 Å². The third kappa shape index (κ3) is 4.29. The molecule has 0 radical (unpaired) electrons. The van der Waals surface area contributed by atoms with Crippen molar-refractivity contribution in [1.29, 1.82) is 0 Å². The van der Waals surface area contributed by atoms with Crippen molar-refractivity contribution in [2.45, 2.75) is 11.0 Å². The van der Waals surface area contributed by atoms with Gasteiger partial charge in [0.05, 0.1) is 0 Å². The minimum Gasteiger partial charge on any atom is -0.508 e. The number of rotatable bonds is 5. The van der Waals surface area contributed by atoms with Gasteiger partial charge in [0.25, 0.3) is 11.1 Å². The molecule has 0 aliphatic carbocycles. The highest BCUT2D eigenvalue weighted by atomic mass is 32.2. The summed E-state index contributed by atoms with van der Waals surface area (Å²) < 4.78 is 5.80. The summed E-state index contributed by atoms with van der Waals surface area (Å²) in [5.41, 5.74) is 4.38. The van der Waals surface area contributed by atoms with Crippen molar-refractivity contribution in [2.24, 2.45) is 0 Å². The highest BCUT2D eigenvalue weighted by Gasteiger charge is 2.24. The Balaban J connectivity index is 1.25. The van der Waals surface area contributed by atoms with Crippen LogP contribution in [0.4, 0.5) is 5.69 Å². The maximum Gasteiger partial charge on any atom is 0.257 e. The first kappa shape index (κ1) is 20.5. The van der Waals surface area contributed by atoms with E-state index in [4.69, 9.17) is 4.42 Å². The molecule has 5 rings (SSSR count). The molecule has 1 aliphatic heterocycles. The van der Waals surface area contributed by atoms with Crippen LogP contribution in [0.25, 0.3) is 11.1 Å². The number of fused-ring (bicyclic) bond motifs is 1. The number of piperazine rings is 1. The van der Waals surface area contributed by atoms with Crippen molar-refractivity contribution in [3.05, 3.63) is 83.9 Å². The second kappa shape index (κ2) is 8.96. The second-order valence-corrected chi connectivity index (χ2v) is 8.62. The second-order valence-electron chi connectivity index (χ2n) is 7.69. The third-order valence-corrected chi connectivity index (χ3v) is 6.53. The minimum absolute atomic E-state index is 0.0594. The van der Waals surface area contributed by atoms with Gasteiger partial charge in [-0.15, -0.1) is 0 Å². The van der Waals surface area contributed by atoms with Gasteiger partial charge >= 0.3 is 0 Å². The van der Waals surface area contributed by atoms with E-state index >= 15 is 0 Å². The molecule has 4 aromatic rings. The quantitative estimate of drug-likeness (QED) is 0.446. The molecule has 2 heterocycles. The Morgan fingerprint density at radius 1 is 0.938 bits per heavy atom. The third-order valence-electron chi connectivity index (χ3n) is 5.65. The fraction of sp³-hybridized carbons (Fsp3) is 0.200. The van der Waals surface area contributed by atoms with E-state index in [0.717, 1.165) is 41.0 Å². The highest BCUT2D eigenvalue weighted by Crippen LogP contribution is 2.28. The van der Waals surface area contributed by atoms with Crippen LogP contribution in [0.2, 0.25) is 0 Å². The lowest BCUT2D eigenvalue weighted by atomic mass is 10.1. The summed E-state index contributed by atoms with van der Waals surface area (Å²) in [6.45, 7) is 2.84. The van der Waals surface area contributed by atoms with Gasteiger partial charge in [-0.25, -0.2) is 4.98 Å². The Morgan fingerprint density at radius 3 is 2.44 bits per heavy atom. The summed E-state index contributed by atoms with van der Waals surface area (Å²) in [4.78, 5) is 22.0. The Kier molecular flexibility index (Phi) is 5.73. The molecule has 1 fully saturated rings. The molecular weight excluding hydrogens is 422 g/mol. The summed E-state index contributed by atoms with van der Waals surface area (Å²) in [6, 6.07) is 22.7. The lowest BCUT2D eigenvalue weighted by molar-refractivity contribution is 0.0746. The van der Waals surface area contributed by atoms with Gasteiger partial charge in [-0.05, 0) is 48.0 Å². The number of hydrogen-bond donors (Lipinski definition) is 1. The first-order valence-corrected chi connectivity index (χ1v) is 11.6. The predicted molar refractivity (Wildman–Crippen MR) is 126 cm³/mol. The number of amides is 1. The molecular formula is C25H23N3O3S. The zero-order chi connectivity index (χ0) is 21.9. The monoisotopic (exact) mass is 445 g/mol. The topological polar surface area (TPSA) is 69.8 Å². The van der Waals surface area contributed by atoms with Gasteiger partial charge in [0.1, 0.15) is 11.3 Å². The fourth-order valence-electron chi connectivity index (χ4n) is 3.91.